The fraction of sp³-hybridized carbons (Fsp3) is 1.00. The quantitative estimate of drug-likeness (QED) is 0.643. The van der Waals surface area contributed by atoms with E-state index >= 15 is 0 Å². The highest BCUT2D eigenvalue weighted by Gasteiger charge is 2.50. The Labute approximate surface area is 83.1 Å². The zero-order valence-electron chi connectivity index (χ0n) is 9.31. The molecule has 1 rings (SSSR count). The Balaban J connectivity index is 2.30. The van der Waals surface area contributed by atoms with Crippen molar-refractivity contribution in [3.63, 3.8) is 0 Å². The van der Waals surface area contributed by atoms with Crippen LogP contribution in [0.4, 0.5) is 0 Å². The zero-order valence-corrected chi connectivity index (χ0v) is 9.31. The number of nitrogens with two attached hydrogens (primary N) is 1. The summed E-state index contributed by atoms with van der Waals surface area (Å²) in [6, 6.07) is 0. The van der Waals surface area contributed by atoms with Crippen LogP contribution in [0.1, 0.15) is 58.8 Å². The van der Waals surface area contributed by atoms with Crippen molar-refractivity contribution in [1.29, 1.82) is 0 Å². The van der Waals surface area contributed by atoms with Gasteiger partial charge in [-0.1, -0.05) is 33.1 Å². The Bertz CT molecular complexity index is 144. The van der Waals surface area contributed by atoms with Gasteiger partial charge in [-0.05, 0) is 43.6 Å². The van der Waals surface area contributed by atoms with Gasteiger partial charge >= 0.3 is 0 Å². The van der Waals surface area contributed by atoms with Gasteiger partial charge in [0.1, 0.15) is 0 Å². The van der Waals surface area contributed by atoms with Gasteiger partial charge in [-0.3, -0.25) is 0 Å². The van der Waals surface area contributed by atoms with Crippen molar-refractivity contribution >= 4 is 0 Å². The highest BCUT2D eigenvalue weighted by Crippen LogP contribution is 2.60. The van der Waals surface area contributed by atoms with Gasteiger partial charge in [0, 0.05) is 0 Å². The molecule has 2 N–H and O–H groups in total. The van der Waals surface area contributed by atoms with Crippen molar-refractivity contribution in [2.24, 2.45) is 17.1 Å². The van der Waals surface area contributed by atoms with Crippen LogP contribution in [0, 0.1) is 11.3 Å². The maximum absolute atomic E-state index is 5.62. The predicted molar refractivity (Wildman–Crippen MR) is 58.6 cm³/mol. The molecule has 2 atom stereocenters. The average molecular weight is 183 g/mol. The molecule has 13 heavy (non-hydrogen) atoms. The molecule has 0 bridgehead atoms. The third-order valence-corrected chi connectivity index (χ3v) is 3.65. The molecule has 0 aromatic heterocycles. The molecule has 1 saturated carbocycles. The van der Waals surface area contributed by atoms with Crippen molar-refractivity contribution in [1.82, 2.24) is 0 Å². The van der Waals surface area contributed by atoms with Crippen LogP contribution in [0.5, 0.6) is 0 Å². The van der Waals surface area contributed by atoms with Crippen molar-refractivity contribution < 1.29 is 0 Å². The van der Waals surface area contributed by atoms with Crippen molar-refractivity contribution in [3.05, 3.63) is 0 Å². The van der Waals surface area contributed by atoms with Gasteiger partial charge < -0.3 is 5.73 Å². The lowest BCUT2D eigenvalue weighted by Gasteiger charge is -2.15. The molecule has 2 unspecified atom stereocenters. The van der Waals surface area contributed by atoms with E-state index in [0.717, 1.165) is 17.9 Å². The van der Waals surface area contributed by atoms with Gasteiger partial charge in [0.05, 0.1) is 0 Å². The van der Waals surface area contributed by atoms with E-state index in [1.807, 2.05) is 0 Å². The SMILES string of the molecule is CCCCC1(CCC)CC1CCN. The van der Waals surface area contributed by atoms with Gasteiger partial charge in [-0.15, -0.1) is 0 Å². The van der Waals surface area contributed by atoms with Crippen LogP contribution in [0.2, 0.25) is 0 Å². The molecule has 1 heteroatoms. The van der Waals surface area contributed by atoms with E-state index in [0.29, 0.717) is 0 Å². The van der Waals surface area contributed by atoms with Gasteiger partial charge in [0.25, 0.3) is 0 Å². The largest absolute Gasteiger partial charge is 0.330 e. The summed E-state index contributed by atoms with van der Waals surface area (Å²) in [6.07, 6.45) is 9.76. The van der Waals surface area contributed by atoms with Gasteiger partial charge in [-0.25, -0.2) is 0 Å². The lowest BCUT2D eigenvalue weighted by atomic mass is 9.90. The first kappa shape index (κ1) is 11.0. The Morgan fingerprint density at radius 1 is 1.23 bits per heavy atom. The number of hydrogen-bond donors (Lipinski definition) is 1. The molecular weight excluding hydrogens is 158 g/mol. The molecule has 0 spiro atoms. The Hall–Kier alpha value is -0.0400. The van der Waals surface area contributed by atoms with E-state index in [-0.39, 0.29) is 0 Å². The highest BCUT2D eigenvalue weighted by molar-refractivity contribution is 5.01. The fourth-order valence-corrected chi connectivity index (χ4v) is 2.81. The second-order valence-electron chi connectivity index (χ2n) is 4.69. The summed E-state index contributed by atoms with van der Waals surface area (Å²) in [4.78, 5) is 0. The average Bonchev–Trinajstić information content (AvgIpc) is 2.78. The summed E-state index contributed by atoms with van der Waals surface area (Å²) < 4.78 is 0. The molecular formula is C12H25N. The van der Waals surface area contributed by atoms with Gasteiger partial charge in [-0.2, -0.15) is 0 Å². The first-order valence-electron chi connectivity index (χ1n) is 5.99. The van der Waals surface area contributed by atoms with Crippen LogP contribution in [-0.4, -0.2) is 6.54 Å². The molecule has 0 aromatic carbocycles. The zero-order chi connectivity index (χ0) is 9.73. The van der Waals surface area contributed by atoms with Crippen LogP contribution < -0.4 is 5.73 Å². The second-order valence-corrected chi connectivity index (χ2v) is 4.69. The first-order chi connectivity index (χ1) is 6.29. The standard InChI is InChI=1S/C12H25N/c1-3-5-8-12(7-4-2)10-11(12)6-9-13/h11H,3-10,13H2,1-2H3. The van der Waals surface area contributed by atoms with E-state index < -0.39 is 0 Å². The predicted octanol–water partition coefficient (Wildman–Crippen LogP) is 3.33. The van der Waals surface area contributed by atoms with E-state index in [2.05, 4.69) is 13.8 Å². The summed E-state index contributed by atoms with van der Waals surface area (Å²) in [6.45, 7) is 5.49. The van der Waals surface area contributed by atoms with Crippen molar-refractivity contribution in [3.8, 4) is 0 Å². The Morgan fingerprint density at radius 3 is 2.54 bits per heavy atom. The summed E-state index contributed by atoms with van der Waals surface area (Å²) in [5.41, 5.74) is 6.36. The minimum atomic E-state index is 0.740. The van der Waals surface area contributed by atoms with Gasteiger partial charge in [0.2, 0.25) is 0 Å². The van der Waals surface area contributed by atoms with E-state index in [4.69, 9.17) is 5.73 Å². The van der Waals surface area contributed by atoms with Crippen LogP contribution in [0.3, 0.4) is 0 Å². The Morgan fingerprint density at radius 2 is 2.00 bits per heavy atom. The van der Waals surface area contributed by atoms with E-state index in [1.54, 1.807) is 0 Å². The molecule has 1 nitrogen and oxygen atoms in total. The second kappa shape index (κ2) is 4.99. The fourth-order valence-electron chi connectivity index (χ4n) is 2.81. The summed E-state index contributed by atoms with van der Waals surface area (Å²) >= 11 is 0. The van der Waals surface area contributed by atoms with E-state index in [9.17, 15) is 0 Å². The highest BCUT2D eigenvalue weighted by atomic mass is 14.6. The number of unbranched alkanes of at least 4 members (excludes halogenated alkanes) is 1. The number of hydrogen-bond acceptors (Lipinski definition) is 1. The molecule has 1 fully saturated rings. The molecule has 0 amide bonds. The number of rotatable bonds is 7. The van der Waals surface area contributed by atoms with Gasteiger partial charge in [0.15, 0.2) is 0 Å². The van der Waals surface area contributed by atoms with Crippen LogP contribution >= 0.6 is 0 Å². The normalized spacial score (nSPS) is 32.1. The summed E-state index contributed by atoms with van der Waals surface area (Å²) in [7, 11) is 0. The third kappa shape index (κ3) is 2.70. The Kier molecular flexibility index (Phi) is 4.24. The molecule has 78 valence electrons. The molecule has 0 saturated heterocycles. The smallest absolute Gasteiger partial charge is 0.00744 e. The first-order valence-corrected chi connectivity index (χ1v) is 5.99. The monoisotopic (exact) mass is 183 g/mol. The van der Waals surface area contributed by atoms with Crippen LogP contribution in [-0.2, 0) is 0 Å². The van der Waals surface area contributed by atoms with Crippen molar-refractivity contribution in [2.75, 3.05) is 6.54 Å². The maximum atomic E-state index is 5.62. The van der Waals surface area contributed by atoms with Crippen LogP contribution in [0.25, 0.3) is 0 Å². The minimum Gasteiger partial charge on any atom is -0.330 e. The molecule has 0 aromatic rings. The molecule has 1 aliphatic rings. The molecule has 0 heterocycles. The lowest BCUT2D eigenvalue weighted by molar-refractivity contribution is 0.362. The topological polar surface area (TPSA) is 26.0 Å². The van der Waals surface area contributed by atoms with Crippen LogP contribution in [0.15, 0.2) is 0 Å². The lowest BCUT2D eigenvalue weighted by Crippen LogP contribution is -2.08. The summed E-state index contributed by atoms with van der Waals surface area (Å²) in [5, 5.41) is 0. The molecule has 1 aliphatic carbocycles. The van der Waals surface area contributed by atoms with E-state index in [1.165, 1.54) is 44.9 Å². The molecule has 0 aliphatic heterocycles. The third-order valence-electron chi connectivity index (χ3n) is 3.65. The minimum absolute atomic E-state index is 0.740. The van der Waals surface area contributed by atoms with Crippen molar-refractivity contribution in [2.45, 2.75) is 58.8 Å². The maximum Gasteiger partial charge on any atom is -0.00744 e. The molecule has 0 radical (unpaired) electrons. The summed E-state index contributed by atoms with van der Waals surface area (Å²) in [5.74, 6) is 0.976.